The zero-order valence-electron chi connectivity index (χ0n) is 22.7. The average molecular weight is 511 g/mol. The third-order valence-corrected chi connectivity index (χ3v) is 8.32. The van der Waals surface area contributed by atoms with Gasteiger partial charge in [-0.05, 0) is 98.8 Å². The Labute approximate surface area is 225 Å². The Morgan fingerprint density at radius 2 is 1.71 bits per heavy atom. The Morgan fingerprint density at radius 3 is 2.53 bits per heavy atom. The predicted octanol–water partition coefficient (Wildman–Crippen LogP) is 5.76. The van der Waals surface area contributed by atoms with Crippen molar-refractivity contribution < 1.29 is 9.53 Å². The Bertz CT molecular complexity index is 1340. The van der Waals surface area contributed by atoms with Crippen LogP contribution >= 0.6 is 0 Å². The molecule has 0 aliphatic carbocycles. The molecule has 1 atom stereocenters. The van der Waals surface area contributed by atoms with Crippen LogP contribution in [-0.2, 0) is 0 Å². The topological polar surface area (TPSA) is 48.4 Å². The first-order valence-corrected chi connectivity index (χ1v) is 14.2. The van der Waals surface area contributed by atoms with Crippen molar-refractivity contribution in [2.45, 2.75) is 45.6 Å². The maximum Gasteiger partial charge on any atom is 0.256 e. The van der Waals surface area contributed by atoms with Crippen LogP contribution in [0.4, 0.5) is 11.4 Å². The van der Waals surface area contributed by atoms with Gasteiger partial charge in [-0.1, -0.05) is 17.7 Å². The van der Waals surface area contributed by atoms with Crippen molar-refractivity contribution in [3.63, 3.8) is 0 Å². The highest BCUT2D eigenvalue weighted by atomic mass is 16.5. The number of ether oxygens (including phenoxy) is 1. The quantitative estimate of drug-likeness (QED) is 0.379. The number of anilines is 1. The van der Waals surface area contributed by atoms with Crippen LogP contribution in [0, 0.1) is 13.8 Å². The van der Waals surface area contributed by atoms with Crippen LogP contribution in [0.25, 0.3) is 10.8 Å². The van der Waals surface area contributed by atoms with Crippen LogP contribution in [0.3, 0.4) is 0 Å². The second-order valence-corrected chi connectivity index (χ2v) is 11.0. The lowest BCUT2D eigenvalue weighted by Gasteiger charge is -2.36. The number of benzene rings is 3. The lowest BCUT2D eigenvalue weighted by atomic mass is 10.0. The van der Waals surface area contributed by atoms with E-state index in [9.17, 15) is 4.79 Å². The summed E-state index contributed by atoms with van der Waals surface area (Å²) in [6.07, 6.45) is 6.19. The molecule has 0 aromatic heterocycles. The molecule has 6 rings (SSSR count). The van der Waals surface area contributed by atoms with Crippen molar-refractivity contribution in [2.24, 2.45) is 4.99 Å². The number of carbonyl (C=O) groups is 1. The second-order valence-electron chi connectivity index (χ2n) is 11.0. The van der Waals surface area contributed by atoms with Gasteiger partial charge in [0, 0.05) is 44.6 Å². The molecule has 6 nitrogen and oxygen atoms in total. The van der Waals surface area contributed by atoms with Crippen molar-refractivity contribution in [3.05, 3.63) is 65.2 Å². The van der Waals surface area contributed by atoms with E-state index in [1.165, 1.54) is 11.3 Å². The molecule has 38 heavy (non-hydrogen) atoms. The van der Waals surface area contributed by atoms with Crippen LogP contribution in [0.5, 0.6) is 5.75 Å². The van der Waals surface area contributed by atoms with Gasteiger partial charge in [-0.2, -0.15) is 0 Å². The number of amides is 1. The largest absolute Gasteiger partial charge is 0.493 e. The van der Waals surface area contributed by atoms with E-state index in [0.717, 1.165) is 92.7 Å². The number of hydrogen-bond acceptors (Lipinski definition) is 5. The second kappa shape index (κ2) is 10.8. The zero-order chi connectivity index (χ0) is 26.1. The Hall–Kier alpha value is -3.38. The normalized spacial score (nSPS) is 19.5. The fourth-order valence-corrected chi connectivity index (χ4v) is 5.99. The fraction of sp³-hybridized carbons (Fsp3) is 0.438. The first-order valence-electron chi connectivity index (χ1n) is 14.2. The molecule has 3 heterocycles. The molecule has 0 radical (unpaired) electrons. The molecule has 6 heteroatoms. The number of rotatable bonds is 7. The molecular formula is C32H38N4O2. The highest BCUT2D eigenvalue weighted by Crippen LogP contribution is 2.35. The SMILES string of the molecule is Cc1ccc(N2CCN(CCCCOc3cc4cc5c(cc4cc3C)C(=O)N3CCC[C@H]3C=N5)CC2)cc1. The highest BCUT2D eigenvalue weighted by molar-refractivity contribution is 6.06. The summed E-state index contributed by atoms with van der Waals surface area (Å²) in [6.45, 7) is 11.3. The summed E-state index contributed by atoms with van der Waals surface area (Å²) in [4.78, 5) is 24.9. The molecule has 2 fully saturated rings. The van der Waals surface area contributed by atoms with E-state index in [1.54, 1.807) is 0 Å². The van der Waals surface area contributed by atoms with Gasteiger partial charge in [0.25, 0.3) is 5.91 Å². The van der Waals surface area contributed by atoms with Crippen LogP contribution in [0.1, 0.15) is 47.2 Å². The first-order chi connectivity index (χ1) is 18.5. The summed E-state index contributed by atoms with van der Waals surface area (Å²) in [6, 6.07) is 17.3. The number of carbonyl (C=O) groups excluding carboxylic acids is 1. The summed E-state index contributed by atoms with van der Waals surface area (Å²) >= 11 is 0. The average Bonchev–Trinajstić information content (AvgIpc) is 3.36. The monoisotopic (exact) mass is 510 g/mol. The van der Waals surface area contributed by atoms with E-state index >= 15 is 0 Å². The predicted molar refractivity (Wildman–Crippen MR) is 155 cm³/mol. The first kappa shape index (κ1) is 24.9. The lowest BCUT2D eigenvalue weighted by molar-refractivity contribution is 0.0775. The van der Waals surface area contributed by atoms with Crippen LogP contribution < -0.4 is 9.64 Å². The summed E-state index contributed by atoms with van der Waals surface area (Å²) < 4.78 is 6.23. The molecule has 1 amide bonds. The number of hydrogen-bond donors (Lipinski definition) is 0. The van der Waals surface area contributed by atoms with Crippen molar-refractivity contribution in [1.29, 1.82) is 0 Å². The lowest BCUT2D eigenvalue weighted by Crippen LogP contribution is -2.46. The molecule has 0 N–H and O–H groups in total. The molecule has 3 aliphatic heterocycles. The van der Waals surface area contributed by atoms with Gasteiger partial charge in [0.2, 0.25) is 0 Å². The number of piperazine rings is 1. The Kier molecular flexibility index (Phi) is 7.07. The molecule has 0 bridgehead atoms. The minimum atomic E-state index is 0.108. The molecule has 0 spiro atoms. The van der Waals surface area contributed by atoms with Gasteiger partial charge >= 0.3 is 0 Å². The summed E-state index contributed by atoms with van der Waals surface area (Å²) in [5, 5.41) is 2.14. The van der Waals surface area contributed by atoms with E-state index in [-0.39, 0.29) is 11.9 Å². The smallest absolute Gasteiger partial charge is 0.256 e. The number of nitrogens with zero attached hydrogens (tertiary/aromatic N) is 4. The number of unbranched alkanes of at least 4 members (excludes halogenated alkanes) is 1. The minimum absolute atomic E-state index is 0.108. The van der Waals surface area contributed by atoms with Gasteiger partial charge in [0.15, 0.2) is 0 Å². The number of aryl methyl sites for hydroxylation is 2. The van der Waals surface area contributed by atoms with E-state index in [2.05, 4.69) is 60.0 Å². The third-order valence-electron chi connectivity index (χ3n) is 8.32. The van der Waals surface area contributed by atoms with E-state index in [1.807, 2.05) is 23.2 Å². The molecule has 0 saturated carbocycles. The summed E-state index contributed by atoms with van der Waals surface area (Å²) in [5.41, 5.74) is 5.24. The molecule has 198 valence electrons. The maximum absolute atomic E-state index is 13.1. The molecule has 0 unspecified atom stereocenters. The third kappa shape index (κ3) is 5.14. The van der Waals surface area contributed by atoms with Gasteiger partial charge in [-0.3, -0.25) is 14.7 Å². The maximum atomic E-state index is 13.1. The van der Waals surface area contributed by atoms with E-state index in [4.69, 9.17) is 9.73 Å². The highest BCUT2D eigenvalue weighted by Gasteiger charge is 2.31. The van der Waals surface area contributed by atoms with Gasteiger partial charge < -0.3 is 14.5 Å². The number of fused-ring (bicyclic) bond motifs is 3. The summed E-state index contributed by atoms with van der Waals surface area (Å²) in [5.74, 6) is 1.03. The van der Waals surface area contributed by atoms with E-state index in [0.29, 0.717) is 12.2 Å². The van der Waals surface area contributed by atoms with Crippen molar-refractivity contribution in [3.8, 4) is 5.75 Å². The van der Waals surface area contributed by atoms with Crippen molar-refractivity contribution in [2.75, 3.05) is 50.8 Å². The molecule has 3 aromatic carbocycles. The van der Waals surface area contributed by atoms with Crippen molar-refractivity contribution >= 4 is 34.3 Å². The standard InChI is InChI=1S/C32H38N4O2/c1-23-7-9-27(10-8-23)35-15-13-34(14-16-35)11-3-4-17-38-31-21-26-20-30-29(19-25(26)18-24(31)2)32(37)36-12-5-6-28(36)22-33-30/h7-10,18-22,28H,3-6,11-17H2,1-2H3/t28-/m0/s1. The summed E-state index contributed by atoms with van der Waals surface area (Å²) in [7, 11) is 0. The van der Waals surface area contributed by atoms with E-state index < -0.39 is 0 Å². The fourth-order valence-electron chi connectivity index (χ4n) is 5.99. The van der Waals surface area contributed by atoms with Crippen LogP contribution in [0.15, 0.2) is 53.5 Å². The van der Waals surface area contributed by atoms with Crippen LogP contribution in [0.2, 0.25) is 0 Å². The van der Waals surface area contributed by atoms with Gasteiger partial charge in [0.1, 0.15) is 5.75 Å². The Morgan fingerprint density at radius 1 is 0.921 bits per heavy atom. The van der Waals surface area contributed by atoms with Crippen LogP contribution in [-0.4, -0.2) is 73.8 Å². The minimum Gasteiger partial charge on any atom is -0.493 e. The number of aliphatic imine (C=N–C) groups is 1. The Balaban J connectivity index is 1.01. The van der Waals surface area contributed by atoms with Gasteiger partial charge in [0.05, 0.1) is 23.9 Å². The molecule has 3 aromatic rings. The molecular weight excluding hydrogens is 472 g/mol. The van der Waals surface area contributed by atoms with Gasteiger partial charge in [-0.25, -0.2) is 0 Å². The van der Waals surface area contributed by atoms with Crippen molar-refractivity contribution in [1.82, 2.24) is 9.80 Å². The zero-order valence-corrected chi connectivity index (χ0v) is 22.7. The van der Waals surface area contributed by atoms with Gasteiger partial charge in [-0.15, -0.1) is 0 Å². The molecule has 3 aliphatic rings. The molecule has 2 saturated heterocycles.